The van der Waals surface area contributed by atoms with Crippen molar-refractivity contribution in [3.63, 3.8) is 0 Å². The summed E-state index contributed by atoms with van der Waals surface area (Å²) in [5.74, 6) is -0.591. The van der Waals surface area contributed by atoms with Crippen molar-refractivity contribution in [2.75, 3.05) is 13.7 Å². The van der Waals surface area contributed by atoms with Crippen LogP contribution in [0.25, 0.3) is 0 Å². The summed E-state index contributed by atoms with van der Waals surface area (Å²) in [4.78, 5) is 21.3. The van der Waals surface area contributed by atoms with E-state index in [2.05, 4.69) is 41.2 Å². The zero-order valence-electron chi connectivity index (χ0n) is 11.6. The predicted octanol–water partition coefficient (Wildman–Crippen LogP) is 0.820. The highest BCUT2D eigenvalue weighted by atomic mass is 16.6. The van der Waals surface area contributed by atoms with E-state index in [0.29, 0.717) is 6.42 Å². The summed E-state index contributed by atoms with van der Waals surface area (Å²) in [6.07, 6.45) is 0.662. The monoisotopic (exact) mass is 266 g/mol. The van der Waals surface area contributed by atoms with Gasteiger partial charge in [-0.15, -0.1) is 0 Å². The Hall–Kier alpha value is -2.10. The van der Waals surface area contributed by atoms with Crippen molar-refractivity contribution in [3.05, 3.63) is 0 Å². The molecule has 0 aliphatic carbocycles. The van der Waals surface area contributed by atoms with Gasteiger partial charge in [0.15, 0.2) is 0 Å². The van der Waals surface area contributed by atoms with E-state index in [1.54, 1.807) is 6.07 Å². The average Bonchev–Trinajstić information content (AvgIpc) is 2.81. The third-order valence-electron chi connectivity index (χ3n) is 2.65. The molecule has 7 nitrogen and oxygen atoms in total. The minimum absolute atomic E-state index is 0.00230. The Labute approximate surface area is 112 Å². The minimum atomic E-state index is -0.591. The Morgan fingerprint density at radius 2 is 2.37 bits per heavy atom. The van der Waals surface area contributed by atoms with Gasteiger partial charge in [0, 0.05) is 11.8 Å². The molecule has 0 aromatic carbocycles. The highest BCUT2D eigenvalue weighted by Gasteiger charge is 2.32. The molecule has 0 aromatic heterocycles. The van der Waals surface area contributed by atoms with Gasteiger partial charge in [-0.05, 0) is 0 Å². The smallest absolute Gasteiger partial charge is 0.284 e. The normalized spacial score (nSPS) is 19.2. The molecule has 19 heavy (non-hydrogen) atoms. The Bertz CT molecular complexity index is 443. The van der Waals surface area contributed by atoms with Crippen LogP contribution in [0.2, 0.25) is 0 Å². The fourth-order valence-electron chi connectivity index (χ4n) is 1.47. The number of hydrogen-bond donors (Lipinski definition) is 1. The van der Waals surface area contributed by atoms with Crippen LogP contribution in [0, 0.1) is 16.7 Å². The predicted molar refractivity (Wildman–Crippen MR) is 69.4 cm³/mol. The Balaban J connectivity index is 2.46. The van der Waals surface area contributed by atoms with E-state index in [1.807, 2.05) is 0 Å². The van der Waals surface area contributed by atoms with Gasteiger partial charge in [-0.1, -0.05) is 31.1 Å². The molecule has 1 rings (SSSR count). The molecule has 0 aromatic rings. The van der Waals surface area contributed by atoms with Crippen molar-refractivity contribution in [2.24, 2.45) is 15.7 Å². The van der Waals surface area contributed by atoms with E-state index < -0.39 is 5.91 Å². The van der Waals surface area contributed by atoms with Crippen LogP contribution < -0.4 is 5.32 Å². The number of carbonyl (C=O) groups is 1. The molecule has 7 heteroatoms. The zero-order chi connectivity index (χ0) is 14.5. The molecule has 0 spiro atoms. The van der Waals surface area contributed by atoms with E-state index in [-0.39, 0.29) is 23.8 Å². The second-order valence-electron chi connectivity index (χ2n) is 5.24. The fraction of sp³-hybridized carbons (Fsp3) is 0.667. The molecule has 0 saturated carbocycles. The van der Waals surface area contributed by atoms with E-state index >= 15 is 0 Å². The molecular weight excluding hydrogens is 248 g/mol. The average molecular weight is 266 g/mol. The quantitative estimate of drug-likeness (QED) is 0.601. The van der Waals surface area contributed by atoms with Gasteiger partial charge in [-0.2, -0.15) is 5.26 Å². The lowest BCUT2D eigenvalue weighted by Crippen LogP contribution is -2.35. The largest absolute Gasteiger partial charge is 0.398 e. The lowest BCUT2D eigenvalue weighted by molar-refractivity contribution is -0.114. The van der Waals surface area contributed by atoms with Gasteiger partial charge in [-0.3, -0.25) is 4.79 Å². The van der Waals surface area contributed by atoms with E-state index in [9.17, 15) is 4.79 Å². The molecule has 1 aliphatic heterocycles. The van der Waals surface area contributed by atoms with Crippen LogP contribution in [0.3, 0.4) is 0 Å². The van der Waals surface area contributed by atoms with Gasteiger partial charge in [0.25, 0.3) is 5.91 Å². The number of rotatable bonds is 4. The summed E-state index contributed by atoms with van der Waals surface area (Å²) in [5, 5.41) is 18.5. The molecule has 1 amide bonds. The summed E-state index contributed by atoms with van der Waals surface area (Å²) in [5.41, 5.74) is 0.405. The van der Waals surface area contributed by atoms with Crippen LogP contribution >= 0.6 is 0 Å². The van der Waals surface area contributed by atoms with Gasteiger partial charge in [0.05, 0.1) is 12.3 Å². The molecule has 1 heterocycles. The number of nitriles is 1. The molecule has 1 unspecified atom stereocenters. The zero-order valence-corrected chi connectivity index (χ0v) is 11.6. The fourth-order valence-corrected chi connectivity index (χ4v) is 1.47. The SMILES string of the molecule is CO/N=C(\C#N)C(=O)NCC1=NOC(C(C)(C)C)C1. The van der Waals surface area contributed by atoms with Crippen molar-refractivity contribution in [2.45, 2.75) is 33.3 Å². The van der Waals surface area contributed by atoms with Crippen molar-refractivity contribution in [1.82, 2.24) is 5.32 Å². The first kappa shape index (κ1) is 15.0. The van der Waals surface area contributed by atoms with Gasteiger partial charge in [0.1, 0.15) is 19.3 Å². The molecule has 1 aliphatic rings. The van der Waals surface area contributed by atoms with E-state index in [1.165, 1.54) is 7.11 Å². The first-order chi connectivity index (χ1) is 8.88. The molecule has 0 saturated heterocycles. The molecule has 0 fully saturated rings. The van der Waals surface area contributed by atoms with E-state index in [0.717, 1.165) is 5.71 Å². The van der Waals surface area contributed by atoms with Crippen LogP contribution in [-0.4, -0.2) is 37.1 Å². The molecule has 104 valence electrons. The number of hydrogen-bond acceptors (Lipinski definition) is 6. The Morgan fingerprint density at radius 1 is 1.68 bits per heavy atom. The highest BCUT2D eigenvalue weighted by molar-refractivity contribution is 6.45. The second kappa shape index (κ2) is 6.18. The van der Waals surface area contributed by atoms with Crippen molar-refractivity contribution >= 4 is 17.3 Å². The maximum absolute atomic E-state index is 11.6. The maximum Gasteiger partial charge on any atom is 0.284 e. The maximum atomic E-state index is 11.6. The third-order valence-corrected chi connectivity index (χ3v) is 2.65. The summed E-state index contributed by atoms with van der Waals surface area (Å²) in [6, 6.07) is 1.65. The summed E-state index contributed by atoms with van der Waals surface area (Å²) in [7, 11) is 1.27. The second-order valence-corrected chi connectivity index (χ2v) is 5.24. The summed E-state index contributed by atoms with van der Waals surface area (Å²) < 4.78 is 0. The van der Waals surface area contributed by atoms with Crippen molar-refractivity contribution < 1.29 is 14.5 Å². The van der Waals surface area contributed by atoms with Gasteiger partial charge in [-0.25, -0.2) is 0 Å². The van der Waals surface area contributed by atoms with Crippen LogP contribution in [0.4, 0.5) is 0 Å². The molecule has 1 N–H and O–H groups in total. The molecule has 1 atom stereocenters. The lowest BCUT2D eigenvalue weighted by Gasteiger charge is -2.23. The number of amides is 1. The van der Waals surface area contributed by atoms with Crippen LogP contribution in [0.5, 0.6) is 0 Å². The van der Waals surface area contributed by atoms with Crippen molar-refractivity contribution in [3.8, 4) is 6.07 Å². The standard InChI is InChI=1S/C12H18N4O3/c1-12(2,3)10-5-8(15-19-10)7-14-11(17)9(6-13)16-18-4/h10H,5,7H2,1-4H3,(H,14,17)/b16-9+. The first-order valence-corrected chi connectivity index (χ1v) is 5.89. The molecule has 0 bridgehead atoms. The van der Waals surface area contributed by atoms with Crippen LogP contribution in [0.1, 0.15) is 27.2 Å². The van der Waals surface area contributed by atoms with Crippen molar-refractivity contribution in [1.29, 1.82) is 5.26 Å². The minimum Gasteiger partial charge on any atom is -0.398 e. The Kier molecular flexibility index (Phi) is 4.87. The van der Waals surface area contributed by atoms with Gasteiger partial charge < -0.3 is 15.0 Å². The first-order valence-electron chi connectivity index (χ1n) is 5.89. The van der Waals surface area contributed by atoms with Gasteiger partial charge >= 0.3 is 0 Å². The Morgan fingerprint density at radius 3 is 2.84 bits per heavy atom. The number of nitrogens with one attached hydrogen (secondary N) is 1. The van der Waals surface area contributed by atoms with Crippen LogP contribution in [0.15, 0.2) is 10.3 Å². The number of carbonyl (C=O) groups excluding carboxylic acids is 1. The van der Waals surface area contributed by atoms with Gasteiger partial charge in [0.2, 0.25) is 5.71 Å². The van der Waals surface area contributed by atoms with E-state index in [4.69, 9.17) is 10.1 Å². The van der Waals surface area contributed by atoms with Crippen LogP contribution in [-0.2, 0) is 14.5 Å². The lowest BCUT2D eigenvalue weighted by atomic mass is 9.86. The molecular formula is C12H18N4O3. The highest BCUT2D eigenvalue weighted by Crippen LogP contribution is 2.28. The molecule has 0 radical (unpaired) electrons. The summed E-state index contributed by atoms with van der Waals surface area (Å²) in [6.45, 7) is 6.42. The number of oxime groups is 2. The number of nitrogens with zero attached hydrogens (tertiary/aromatic N) is 3. The topological polar surface area (TPSA) is 96.1 Å². The third kappa shape index (κ3) is 4.25. The summed E-state index contributed by atoms with van der Waals surface area (Å²) >= 11 is 0.